The van der Waals surface area contributed by atoms with E-state index in [0.717, 1.165) is 64.2 Å². The van der Waals surface area contributed by atoms with Gasteiger partial charge >= 0.3 is 41.8 Å². The Labute approximate surface area is 432 Å². The Balaban J connectivity index is 0.829. The Morgan fingerprint density at radius 1 is 0.425 bits per heavy atom. The van der Waals surface area contributed by atoms with E-state index < -0.39 is 23.8 Å². The van der Waals surface area contributed by atoms with Crippen molar-refractivity contribution in [3.63, 3.8) is 0 Å². The van der Waals surface area contributed by atoms with Crippen LogP contribution in [0.25, 0.3) is 6.08 Å². The summed E-state index contributed by atoms with van der Waals surface area (Å²) in [7, 11) is 0. The second kappa shape index (κ2) is 28.0. The van der Waals surface area contributed by atoms with Crippen LogP contribution in [0.2, 0.25) is 0 Å². The van der Waals surface area contributed by atoms with Gasteiger partial charge in [0.1, 0.15) is 35.9 Å². The molecule has 0 amide bonds. The van der Waals surface area contributed by atoms with E-state index in [-0.39, 0.29) is 96.0 Å². The molecule has 0 aromatic heterocycles. The Kier molecular flexibility index (Phi) is 21.4. The second-order valence-corrected chi connectivity index (χ2v) is 21.9. The van der Waals surface area contributed by atoms with Crippen LogP contribution in [0.5, 0.6) is 11.5 Å². The van der Waals surface area contributed by atoms with Gasteiger partial charge in [-0.3, -0.25) is 28.8 Å². The van der Waals surface area contributed by atoms with Gasteiger partial charge in [-0.05, 0) is 191 Å². The first-order valence-corrected chi connectivity index (χ1v) is 28.3. The van der Waals surface area contributed by atoms with Gasteiger partial charge in [0.2, 0.25) is 0 Å². The van der Waals surface area contributed by atoms with Gasteiger partial charge in [0.25, 0.3) is 0 Å². The third-order valence-corrected chi connectivity index (χ3v) is 17.0. The molecule has 6 fully saturated rings. The molecule has 73 heavy (non-hydrogen) atoms. The molecule has 0 saturated heterocycles. The highest BCUT2D eigenvalue weighted by Gasteiger charge is 2.38. The lowest BCUT2D eigenvalue weighted by Gasteiger charge is -2.32. The zero-order valence-electron chi connectivity index (χ0n) is 43.8. The molecule has 1 aromatic rings. The van der Waals surface area contributed by atoms with Crippen LogP contribution in [-0.2, 0) is 57.2 Å². The van der Waals surface area contributed by atoms with Crippen molar-refractivity contribution in [2.75, 3.05) is 6.61 Å². The van der Waals surface area contributed by atoms with E-state index in [1.165, 1.54) is 12.2 Å². The highest BCUT2D eigenvalue weighted by molar-refractivity contribution is 5.83. The number of rotatable bonds is 18. The average Bonchev–Trinajstić information content (AvgIpc) is 3.41. The molecular formula is C59H82O14. The fourth-order valence-corrected chi connectivity index (χ4v) is 12.0. The van der Waals surface area contributed by atoms with Crippen LogP contribution in [0.4, 0.5) is 0 Å². The molecule has 6 aliphatic carbocycles. The third-order valence-electron chi connectivity index (χ3n) is 17.0. The summed E-state index contributed by atoms with van der Waals surface area (Å²) in [6.45, 7) is 6.37. The van der Waals surface area contributed by atoms with Gasteiger partial charge in [-0.25, -0.2) is 4.79 Å². The Morgan fingerprint density at radius 3 is 1.12 bits per heavy atom. The SMILES string of the molecule is CCOC(=O)C=CC=Cc1cc(OC(=O)C2CCC(OC(=O)C3CCC(OC(=O)C4CCC(CC)CC4)CC3)CC2)ccc1OC(=O)C1CCC(OC(=O)C2CCC(OC(=O)C3CCC(CC)CC3)CC2)CC1. The standard InChI is InChI=1S/C59H82O14/c1-4-38-11-15-40(16-12-38)54(61)68-47-27-19-42(20-28-47)56(63)70-49-31-23-44(24-32-49)58(65)72-51-35-36-52(46(37-51)9-7-8-10-53(60)67-6-3)73-59(66)45-25-33-50(34-26-45)71-57(64)43-21-29-48(30-22-43)69-55(62)41-17-13-39(5-2)14-18-41/h7-10,35-45,47-50H,4-6,11-34H2,1-3H3. The molecule has 0 atom stereocenters. The summed E-state index contributed by atoms with van der Waals surface area (Å²) in [5, 5.41) is 0. The van der Waals surface area contributed by atoms with Crippen molar-refractivity contribution in [1.82, 2.24) is 0 Å². The largest absolute Gasteiger partial charge is 0.463 e. The molecule has 0 unspecified atom stereocenters. The van der Waals surface area contributed by atoms with Gasteiger partial charge in [-0.1, -0.05) is 44.9 Å². The van der Waals surface area contributed by atoms with E-state index in [9.17, 15) is 33.6 Å². The summed E-state index contributed by atoms with van der Waals surface area (Å²) in [4.78, 5) is 91.1. The summed E-state index contributed by atoms with van der Waals surface area (Å²) in [6, 6.07) is 4.78. The van der Waals surface area contributed by atoms with E-state index in [4.69, 9.17) is 33.2 Å². The maximum Gasteiger partial charge on any atom is 0.330 e. The van der Waals surface area contributed by atoms with E-state index in [1.54, 1.807) is 37.3 Å². The molecule has 0 spiro atoms. The number of carbonyl (C=O) groups is 7. The fraction of sp³-hybridized carbons (Fsp3) is 0.712. The number of carbonyl (C=O) groups excluding carboxylic acids is 7. The minimum atomic E-state index is -0.502. The monoisotopic (exact) mass is 1010 g/mol. The molecule has 0 N–H and O–H groups in total. The topological polar surface area (TPSA) is 184 Å². The molecule has 6 saturated carbocycles. The van der Waals surface area contributed by atoms with Crippen LogP contribution in [0.3, 0.4) is 0 Å². The van der Waals surface area contributed by atoms with Gasteiger partial charge in [0.05, 0.1) is 42.1 Å². The summed E-state index contributed by atoms with van der Waals surface area (Å²) in [5.41, 5.74) is 0.454. The van der Waals surface area contributed by atoms with Crippen molar-refractivity contribution in [1.29, 1.82) is 0 Å². The number of hydrogen-bond acceptors (Lipinski definition) is 14. The summed E-state index contributed by atoms with van der Waals surface area (Å²) in [6.07, 6.45) is 24.7. The van der Waals surface area contributed by atoms with Gasteiger partial charge in [0, 0.05) is 11.6 Å². The van der Waals surface area contributed by atoms with Crippen LogP contribution >= 0.6 is 0 Å². The number of esters is 7. The fourth-order valence-electron chi connectivity index (χ4n) is 12.0. The highest BCUT2D eigenvalue weighted by atomic mass is 16.6. The van der Waals surface area contributed by atoms with Crippen molar-refractivity contribution in [3.8, 4) is 11.5 Å². The molecule has 14 nitrogen and oxygen atoms in total. The lowest BCUT2D eigenvalue weighted by atomic mass is 9.81. The van der Waals surface area contributed by atoms with Crippen LogP contribution in [0.1, 0.15) is 193 Å². The maximum atomic E-state index is 13.6. The van der Waals surface area contributed by atoms with Crippen molar-refractivity contribution in [3.05, 3.63) is 42.0 Å². The minimum absolute atomic E-state index is 0.00298. The molecule has 6 aliphatic rings. The van der Waals surface area contributed by atoms with Crippen molar-refractivity contribution >= 4 is 47.9 Å². The van der Waals surface area contributed by atoms with E-state index in [0.29, 0.717) is 120 Å². The summed E-state index contributed by atoms with van der Waals surface area (Å²) < 4.78 is 40.5. The van der Waals surface area contributed by atoms with Crippen LogP contribution in [0, 0.1) is 47.3 Å². The van der Waals surface area contributed by atoms with E-state index >= 15 is 0 Å². The molecule has 0 radical (unpaired) electrons. The lowest BCUT2D eigenvalue weighted by molar-refractivity contribution is -0.164. The van der Waals surface area contributed by atoms with Crippen molar-refractivity contribution < 1.29 is 66.7 Å². The smallest absolute Gasteiger partial charge is 0.330 e. The van der Waals surface area contributed by atoms with Gasteiger partial charge < -0.3 is 33.2 Å². The van der Waals surface area contributed by atoms with Crippen LogP contribution in [0.15, 0.2) is 36.4 Å². The number of hydrogen-bond donors (Lipinski definition) is 0. The summed E-state index contributed by atoms with van der Waals surface area (Å²) >= 11 is 0. The van der Waals surface area contributed by atoms with E-state index in [2.05, 4.69) is 13.8 Å². The molecule has 7 rings (SSSR count). The summed E-state index contributed by atoms with van der Waals surface area (Å²) in [5.74, 6) is -1.22. The first-order chi connectivity index (χ1) is 35.4. The zero-order chi connectivity index (χ0) is 51.7. The van der Waals surface area contributed by atoms with Crippen molar-refractivity contribution in [2.45, 2.75) is 212 Å². The molecule has 14 heteroatoms. The Morgan fingerprint density at radius 2 is 0.767 bits per heavy atom. The predicted octanol–water partition coefficient (Wildman–Crippen LogP) is 11.5. The Hall–Kier alpha value is -5.01. The molecule has 0 bridgehead atoms. The quantitative estimate of drug-likeness (QED) is 0.0445. The molecule has 0 heterocycles. The number of ether oxygens (including phenoxy) is 7. The molecule has 402 valence electrons. The first-order valence-electron chi connectivity index (χ1n) is 28.3. The first kappa shape index (κ1) is 55.7. The minimum Gasteiger partial charge on any atom is -0.463 e. The maximum absolute atomic E-state index is 13.6. The normalized spacial score (nSPS) is 30.9. The third kappa shape index (κ3) is 16.7. The average molecular weight is 1020 g/mol. The molecule has 0 aliphatic heterocycles. The van der Waals surface area contributed by atoms with Gasteiger partial charge in [-0.2, -0.15) is 0 Å². The number of allylic oxidation sites excluding steroid dienone is 2. The highest BCUT2D eigenvalue weighted by Crippen LogP contribution is 2.38. The zero-order valence-corrected chi connectivity index (χ0v) is 43.8. The number of benzene rings is 1. The molecule has 1 aromatic carbocycles. The van der Waals surface area contributed by atoms with Crippen molar-refractivity contribution in [2.24, 2.45) is 47.3 Å². The predicted molar refractivity (Wildman–Crippen MR) is 271 cm³/mol. The van der Waals surface area contributed by atoms with Crippen LogP contribution in [-0.4, -0.2) is 72.8 Å². The van der Waals surface area contributed by atoms with Gasteiger partial charge in [0.15, 0.2) is 0 Å². The van der Waals surface area contributed by atoms with Crippen LogP contribution < -0.4 is 9.47 Å². The van der Waals surface area contributed by atoms with E-state index in [1.807, 2.05) is 0 Å². The van der Waals surface area contributed by atoms with Gasteiger partial charge in [-0.15, -0.1) is 0 Å². The second-order valence-electron chi connectivity index (χ2n) is 21.9. The molecular weight excluding hydrogens is 933 g/mol. The Bertz CT molecular complexity index is 2060. The lowest BCUT2D eigenvalue weighted by Crippen LogP contribution is -2.34.